The molecule has 1 unspecified atom stereocenters. The Kier molecular flexibility index (Phi) is 7.73. The molecule has 222 valence electrons. The number of anilines is 1. The number of hydrogen-bond acceptors (Lipinski definition) is 10. The molecule has 0 amide bonds. The minimum absolute atomic E-state index is 0.133. The highest BCUT2D eigenvalue weighted by molar-refractivity contribution is 6.84. The first-order valence-corrected chi connectivity index (χ1v) is 18.5. The molecule has 5 rings (SSSR count). The molecular weight excluding hydrogens is 545 g/mol. The van der Waals surface area contributed by atoms with Crippen LogP contribution in [0.3, 0.4) is 0 Å². The van der Waals surface area contributed by atoms with E-state index in [1.54, 1.807) is 11.4 Å². The third kappa shape index (κ3) is 4.45. The topological polar surface area (TPSA) is 138 Å². The maximum Gasteiger partial charge on any atom is 0.335 e. The fourth-order valence-electron chi connectivity index (χ4n) is 6.76. The summed E-state index contributed by atoms with van der Waals surface area (Å²) in [5, 5.41) is 20.1. The van der Waals surface area contributed by atoms with Gasteiger partial charge in [-0.3, -0.25) is 4.99 Å². The molecule has 4 N–H and O–H groups in total. The van der Waals surface area contributed by atoms with E-state index in [4.69, 9.17) is 23.4 Å². The molecule has 0 spiro atoms. The van der Waals surface area contributed by atoms with Crippen LogP contribution in [-0.2, 0) is 17.7 Å². The minimum atomic E-state index is -2.95. The summed E-state index contributed by atoms with van der Waals surface area (Å²) in [7, 11) is -5.69. The van der Waals surface area contributed by atoms with Crippen molar-refractivity contribution in [1.82, 2.24) is 19.9 Å². The van der Waals surface area contributed by atoms with E-state index in [9.17, 15) is 5.11 Å². The van der Waals surface area contributed by atoms with Gasteiger partial charge in [0, 0.05) is 12.1 Å². The average molecular weight is 591 g/mol. The van der Waals surface area contributed by atoms with Crippen molar-refractivity contribution in [2.75, 3.05) is 25.4 Å². The van der Waals surface area contributed by atoms with Gasteiger partial charge in [-0.15, -0.1) is 0 Å². The molecule has 2 saturated heterocycles. The van der Waals surface area contributed by atoms with Crippen LogP contribution in [0.4, 0.5) is 5.82 Å². The maximum atomic E-state index is 12.3. The zero-order valence-corrected chi connectivity index (χ0v) is 27.3. The van der Waals surface area contributed by atoms with E-state index >= 15 is 0 Å². The van der Waals surface area contributed by atoms with Gasteiger partial charge in [-0.1, -0.05) is 55.4 Å². The van der Waals surface area contributed by atoms with Crippen LogP contribution in [-0.4, -0.2) is 80.2 Å². The van der Waals surface area contributed by atoms with Crippen LogP contribution in [0.15, 0.2) is 17.4 Å². The molecule has 13 heteroatoms. The Morgan fingerprint density at radius 1 is 1.07 bits per heavy atom. The first-order valence-electron chi connectivity index (χ1n) is 14.6. The summed E-state index contributed by atoms with van der Waals surface area (Å²) in [5.41, 5.74) is 7.71. The molecule has 11 nitrogen and oxygen atoms in total. The number of ether oxygens (including phenoxy) is 1. The van der Waals surface area contributed by atoms with Gasteiger partial charge in [0.1, 0.15) is 41.6 Å². The summed E-state index contributed by atoms with van der Waals surface area (Å²) in [6.07, 6.45) is -0.495. The van der Waals surface area contributed by atoms with Crippen LogP contribution in [0, 0.1) is 0 Å². The first kappa shape index (κ1) is 29.6. The number of aliphatic imine (C=N–C) groups is 1. The fraction of sp³-hybridized carbons (Fsp3) is 0.741. The predicted octanol–water partition coefficient (Wildman–Crippen LogP) is 3.81. The highest BCUT2D eigenvalue weighted by Gasteiger charge is 2.64. The number of nitrogens with two attached hydrogens (primary N) is 1. The van der Waals surface area contributed by atoms with E-state index in [0.29, 0.717) is 23.6 Å². The van der Waals surface area contributed by atoms with E-state index < -0.39 is 41.0 Å². The average Bonchev–Trinajstić information content (AvgIpc) is 3.56. The molecule has 0 saturated carbocycles. The Labute approximate surface area is 239 Å². The summed E-state index contributed by atoms with van der Waals surface area (Å²) < 4.78 is 29.8. The lowest BCUT2D eigenvalue weighted by Crippen LogP contribution is -2.66. The molecule has 5 heterocycles. The predicted molar refractivity (Wildman–Crippen MR) is 159 cm³/mol. The molecule has 2 fully saturated rings. The number of amidine groups is 1. The Morgan fingerprint density at radius 3 is 2.30 bits per heavy atom. The smallest absolute Gasteiger partial charge is 0.335 e. The Morgan fingerprint density at radius 2 is 1.73 bits per heavy atom. The van der Waals surface area contributed by atoms with Gasteiger partial charge in [-0.25, -0.2) is 9.50 Å². The van der Waals surface area contributed by atoms with Crippen molar-refractivity contribution in [3.05, 3.63) is 23.7 Å². The van der Waals surface area contributed by atoms with Crippen molar-refractivity contribution >= 4 is 34.3 Å². The molecular formula is C27H46N6O5Si2. The number of aromatic nitrogens is 3. The quantitative estimate of drug-likeness (QED) is 0.429. The van der Waals surface area contributed by atoms with Crippen LogP contribution >= 0.6 is 0 Å². The lowest BCUT2D eigenvalue weighted by molar-refractivity contribution is -0.0688. The number of rotatable bonds is 6. The minimum Gasteiger partial charge on any atom is -0.414 e. The Bertz CT molecular complexity index is 1260. The van der Waals surface area contributed by atoms with Crippen molar-refractivity contribution in [1.29, 1.82) is 0 Å². The zero-order chi connectivity index (χ0) is 29.2. The molecule has 3 aliphatic rings. The SMILES string of the molecule is CC(C)[Si]1(C(C)C)OC[C@H]2O[C@@H](c3cc(C4=NCCN4)c4c(N)ncnn34)[C@](C)(O)C2O[Si](C(C)C)(C(C)C)O1. The summed E-state index contributed by atoms with van der Waals surface area (Å²) in [6, 6.07) is 1.95. The van der Waals surface area contributed by atoms with E-state index in [1.165, 1.54) is 6.33 Å². The molecule has 2 aromatic rings. The second kappa shape index (κ2) is 10.4. The van der Waals surface area contributed by atoms with Crippen LogP contribution in [0.25, 0.3) is 5.52 Å². The standard InChI is InChI=1S/C27H46N6O5Si2/c1-15(2)39(16(3)4)35-13-21-24(37-40(38-39,17(5)6)18(7)8)27(9,34)23(36-21)20-12-19(26-29-10-11-30-26)22-25(28)31-14-32-33(20)22/h12,14-18,21,23-24,34H,10-11,13H2,1-9H3,(H,29,30)(H2,28,31,32)/t21-,23+,24?,27+/m1/s1. The van der Waals surface area contributed by atoms with Crippen LogP contribution in [0.1, 0.15) is 79.7 Å². The summed E-state index contributed by atoms with van der Waals surface area (Å²) in [5.74, 6) is 1.07. The second-order valence-corrected chi connectivity index (χ2v) is 21.7. The molecule has 0 radical (unpaired) electrons. The lowest BCUT2D eigenvalue weighted by Gasteiger charge is -2.52. The Hall–Kier alpha value is -1.88. The largest absolute Gasteiger partial charge is 0.414 e. The van der Waals surface area contributed by atoms with Gasteiger partial charge in [0.15, 0.2) is 5.82 Å². The van der Waals surface area contributed by atoms with E-state index in [1.807, 2.05) is 6.07 Å². The van der Waals surface area contributed by atoms with E-state index in [2.05, 4.69) is 75.8 Å². The molecule has 0 aromatic carbocycles. The third-order valence-corrected chi connectivity index (χ3v) is 19.1. The molecule has 0 bridgehead atoms. The van der Waals surface area contributed by atoms with Gasteiger partial charge < -0.3 is 33.9 Å². The number of nitrogen functional groups attached to an aromatic ring is 1. The first-order chi connectivity index (χ1) is 18.8. The van der Waals surface area contributed by atoms with Crippen molar-refractivity contribution in [2.45, 2.75) is 108 Å². The van der Waals surface area contributed by atoms with Gasteiger partial charge in [0.25, 0.3) is 0 Å². The van der Waals surface area contributed by atoms with E-state index in [0.717, 1.165) is 17.9 Å². The van der Waals surface area contributed by atoms with Crippen LogP contribution in [0.5, 0.6) is 0 Å². The highest BCUT2D eigenvalue weighted by Crippen LogP contribution is 2.51. The lowest BCUT2D eigenvalue weighted by atomic mass is 9.91. The van der Waals surface area contributed by atoms with E-state index in [-0.39, 0.29) is 28.8 Å². The van der Waals surface area contributed by atoms with Crippen molar-refractivity contribution in [2.24, 2.45) is 4.99 Å². The molecule has 40 heavy (non-hydrogen) atoms. The van der Waals surface area contributed by atoms with Crippen molar-refractivity contribution in [3.8, 4) is 0 Å². The van der Waals surface area contributed by atoms with Gasteiger partial charge in [0.05, 0.1) is 18.8 Å². The summed E-state index contributed by atoms with van der Waals surface area (Å²) >= 11 is 0. The molecule has 0 aliphatic carbocycles. The monoisotopic (exact) mass is 590 g/mol. The second-order valence-electron chi connectivity index (χ2n) is 12.8. The number of hydrogen-bond donors (Lipinski definition) is 3. The van der Waals surface area contributed by atoms with Gasteiger partial charge >= 0.3 is 17.1 Å². The molecule has 2 aromatic heterocycles. The Balaban J connectivity index is 1.63. The summed E-state index contributed by atoms with van der Waals surface area (Å²) in [6.45, 7) is 21.0. The van der Waals surface area contributed by atoms with Gasteiger partial charge in [-0.05, 0) is 35.2 Å². The number of fused-ring (bicyclic) bond motifs is 2. The summed E-state index contributed by atoms with van der Waals surface area (Å²) in [4.78, 5) is 8.83. The number of nitrogens with one attached hydrogen (secondary N) is 1. The highest BCUT2D eigenvalue weighted by atomic mass is 28.5. The van der Waals surface area contributed by atoms with Crippen LogP contribution in [0.2, 0.25) is 22.2 Å². The van der Waals surface area contributed by atoms with Crippen molar-refractivity contribution in [3.63, 3.8) is 0 Å². The molecule has 4 atom stereocenters. The third-order valence-electron chi connectivity index (χ3n) is 8.89. The van der Waals surface area contributed by atoms with Gasteiger partial charge in [-0.2, -0.15) is 5.10 Å². The number of nitrogens with zero attached hydrogens (tertiary/aromatic N) is 4. The molecule has 3 aliphatic heterocycles. The fourth-order valence-corrected chi connectivity index (χ4v) is 18.0. The zero-order valence-electron chi connectivity index (χ0n) is 25.3. The number of aliphatic hydroxyl groups is 1. The van der Waals surface area contributed by atoms with Crippen LogP contribution < -0.4 is 11.1 Å². The maximum absolute atomic E-state index is 12.3. The normalized spacial score (nSPS) is 30.1. The van der Waals surface area contributed by atoms with Gasteiger partial charge in [0.2, 0.25) is 0 Å². The van der Waals surface area contributed by atoms with Crippen molar-refractivity contribution < 1.29 is 22.8 Å².